The van der Waals surface area contributed by atoms with E-state index in [1.165, 1.54) is 5.56 Å². The van der Waals surface area contributed by atoms with Gasteiger partial charge in [-0.25, -0.2) is 0 Å². The Bertz CT molecular complexity index is 474. The van der Waals surface area contributed by atoms with Gasteiger partial charge in [-0.3, -0.25) is 9.69 Å². The number of likely N-dealkylation sites (tertiary alicyclic amines) is 1. The molecule has 0 saturated carbocycles. The van der Waals surface area contributed by atoms with Crippen LogP contribution in [0.15, 0.2) is 30.3 Å². The van der Waals surface area contributed by atoms with Crippen LogP contribution in [0.2, 0.25) is 0 Å². The van der Waals surface area contributed by atoms with Gasteiger partial charge in [0.25, 0.3) is 0 Å². The Morgan fingerprint density at radius 1 is 0.870 bits per heavy atom. The van der Waals surface area contributed by atoms with Gasteiger partial charge in [-0.15, -0.1) is 0 Å². The summed E-state index contributed by atoms with van der Waals surface area (Å²) in [6.45, 7) is 8.73. The second kappa shape index (κ2) is 9.80. The van der Waals surface area contributed by atoms with Crippen LogP contribution in [-0.2, 0) is 11.3 Å². The Labute approximate surface area is 162 Å². The van der Waals surface area contributed by atoms with Crippen LogP contribution in [-0.4, -0.2) is 96.0 Å². The molecule has 2 saturated heterocycles. The number of amides is 1. The van der Waals surface area contributed by atoms with Crippen LogP contribution >= 0.6 is 0 Å². The monoisotopic (exact) mass is 324 g/mol. The first-order valence-corrected chi connectivity index (χ1v) is 8.58. The van der Waals surface area contributed by atoms with Gasteiger partial charge < -0.3 is 9.80 Å². The van der Waals surface area contributed by atoms with Crippen LogP contribution in [0, 0.1) is 0 Å². The van der Waals surface area contributed by atoms with Gasteiger partial charge in [0.1, 0.15) is 0 Å². The third kappa shape index (κ3) is 5.87. The minimum absolute atomic E-state index is 0. The molecule has 0 aromatic heterocycles. The van der Waals surface area contributed by atoms with E-state index in [0.717, 1.165) is 71.6 Å². The topological polar surface area (TPSA) is 26.8 Å². The van der Waals surface area contributed by atoms with Crippen LogP contribution in [0.1, 0.15) is 24.8 Å². The minimum Gasteiger partial charge on any atom is -0.343 e. The summed E-state index contributed by atoms with van der Waals surface area (Å²) in [5.74, 6) is 0.354. The van der Waals surface area contributed by atoms with Crippen molar-refractivity contribution in [3.8, 4) is 0 Å². The molecule has 1 amide bonds. The second-order valence-corrected chi connectivity index (χ2v) is 6.44. The summed E-state index contributed by atoms with van der Waals surface area (Å²) in [7, 11) is 0. The number of rotatable bonds is 6. The summed E-state index contributed by atoms with van der Waals surface area (Å²) < 4.78 is 0. The van der Waals surface area contributed by atoms with E-state index in [4.69, 9.17) is 0 Å². The standard InChI is InChI=1S/C18H27N3O.Na/c22-18-8-4-10-21(18)11-5-9-19-12-14-20(15-13-19)16-17-6-2-1-3-7-17;/h1-3,6-7H,4-5,8-16H2;. The molecule has 2 aliphatic heterocycles. The molecular formula is C18H27N3NaO. The number of piperazine rings is 1. The number of nitrogens with zero attached hydrogens (tertiary/aromatic N) is 3. The summed E-state index contributed by atoms with van der Waals surface area (Å²) in [5, 5.41) is 0. The fraction of sp³-hybridized carbons (Fsp3) is 0.611. The second-order valence-electron chi connectivity index (χ2n) is 6.44. The first kappa shape index (κ1) is 18.9. The van der Waals surface area contributed by atoms with Crippen LogP contribution in [0.4, 0.5) is 0 Å². The Morgan fingerprint density at radius 3 is 2.22 bits per heavy atom. The molecule has 0 aliphatic carbocycles. The number of benzene rings is 1. The Kier molecular flexibility index (Phi) is 8.07. The molecule has 2 fully saturated rings. The number of hydrogen-bond donors (Lipinski definition) is 0. The maximum absolute atomic E-state index is 11.6. The van der Waals surface area contributed by atoms with E-state index in [2.05, 4.69) is 40.1 Å². The number of hydrogen-bond acceptors (Lipinski definition) is 3. The maximum Gasteiger partial charge on any atom is 0.222 e. The number of carbonyl (C=O) groups excluding carboxylic acids is 1. The van der Waals surface area contributed by atoms with Gasteiger partial charge in [0.05, 0.1) is 0 Å². The normalized spacial score (nSPS) is 19.8. The minimum atomic E-state index is 0. The summed E-state index contributed by atoms with van der Waals surface area (Å²) >= 11 is 0. The van der Waals surface area contributed by atoms with Gasteiger partial charge in [0, 0.05) is 81.8 Å². The molecular weight excluding hydrogens is 297 g/mol. The average molecular weight is 324 g/mol. The molecule has 0 spiro atoms. The third-order valence-corrected chi connectivity index (χ3v) is 4.79. The zero-order chi connectivity index (χ0) is 15.2. The van der Waals surface area contributed by atoms with E-state index >= 15 is 0 Å². The van der Waals surface area contributed by atoms with Gasteiger partial charge in [-0.05, 0) is 24.9 Å². The molecule has 1 aromatic carbocycles. The molecule has 1 aromatic rings. The SMILES string of the molecule is O=C1CCCN1CCCN1CCN(Cc2ccccc2)CC1.[Na]. The molecule has 3 rings (SSSR count). The molecule has 1 radical (unpaired) electrons. The van der Waals surface area contributed by atoms with Crippen molar-refractivity contribution in [2.75, 3.05) is 45.8 Å². The molecule has 2 aliphatic rings. The van der Waals surface area contributed by atoms with Crippen molar-refractivity contribution in [1.29, 1.82) is 0 Å². The van der Waals surface area contributed by atoms with Crippen molar-refractivity contribution in [3.63, 3.8) is 0 Å². The smallest absolute Gasteiger partial charge is 0.222 e. The zero-order valence-corrected chi connectivity index (χ0v) is 16.4. The Hall–Kier alpha value is -0.390. The summed E-state index contributed by atoms with van der Waals surface area (Å²) in [6, 6.07) is 10.7. The van der Waals surface area contributed by atoms with Crippen molar-refractivity contribution in [2.45, 2.75) is 25.8 Å². The molecule has 5 heteroatoms. The Balaban J connectivity index is 0.00000192. The van der Waals surface area contributed by atoms with Crippen LogP contribution in [0.3, 0.4) is 0 Å². The molecule has 0 bridgehead atoms. The van der Waals surface area contributed by atoms with Gasteiger partial charge in [-0.1, -0.05) is 30.3 Å². The van der Waals surface area contributed by atoms with Crippen molar-refractivity contribution in [3.05, 3.63) is 35.9 Å². The van der Waals surface area contributed by atoms with Gasteiger partial charge in [0.15, 0.2) is 0 Å². The van der Waals surface area contributed by atoms with E-state index in [-0.39, 0.29) is 29.6 Å². The van der Waals surface area contributed by atoms with Crippen LogP contribution in [0.5, 0.6) is 0 Å². The Morgan fingerprint density at radius 2 is 1.57 bits per heavy atom. The summed E-state index contributed by atoms with van der Waals surface area (Å²) in [6.07, 6.45) is 2.93. The molecule has 23 heavy (non-hydrogen) atoms. The van der Waals surface area contributed by atoms with E-state index < -0.39 is 0 Å². The number of carbonyl (C=O) groups is 1. The van der Waals surface area contributed by atoms with E-state index in [1.807, 2.05) is 4.90 Å². The van der Waals surface area contributed by atoms with Gasteiger partial charge in [0.2, 0.25) is 5.91 Å². The quantitative estimate of drug-likeness (QED) is 0.741. The molecule has 0 N–H and O–H groups in total. The van der Waals surface area contributed by atoms with Crippen molar-refractivity contribution in [2.24, 2.45) is 0 Å². The van der Waals surface area contributed by atoms with Crippen LogP contribution in [0.25, 0.3) is 0 Å². The average Bonchev–Trinajstić information content (AvgIpc) is 2.95. The van der Waals surface area contributed by atoms with Crippen molar-refractivity contribution < 1.29 is 4.79 Å². The fourth-order valence-electron chi connectivity index (χ4n) is 3.44. The maximum atomic E-state index is 11.6. The molecule has 2 heterocycles. The predicted molar refractivity (Wildman–Crippen MR) is 94.3 cm³/mol. The first-order valence-electron chi connectivity index (χ1n) is 8.58. The van der Waals surface area contributed by atoms with Crippen molar-refractivity contribution in [1.82, 2.24) is 14.7 Å². The summed E-state index contributed by atoms with van der Waals surface area (Å²) in [4.78, 5) is 18.7. The van der Waals surface area contributed by atoms with Crippen molar-refractivity contribution >= 4 is 35.5 Å². The van der Waals surface area contributed by atoms with Crippen LogP contribution < -0.4 is 0 Å². The third-order valence-electron chi connectivity index (χ3n) is 4.79. The summed E-state index contributed by atoms with van der Waals surface area (Å²) in [5.41, 5.74) is 1.41. The van der Waals surface area contributed by atoms with Gasteiger partial charge >= 0.3 is 0 Å². The molecule has 121 valence electrons. The largest absolute Gasteiger partial charge is 0.343 e. The van der Waals surface area contributed by atoms with Gasteiger partial charge in [-0.2, -0.15) is 0 Å². The zero-order valence-electron chi connectivity index (χ0n) is 14.4. The predicted octanol–water partition coefficient (Wildman–Crippen LogP) is 1.44. The fourth-order valence-corrected chi connectivity index (χ4v) is 3.44. The van der Waals surface area contributed by atoms with E-state index in [9.17, 15) is 4.79 Å². The molecule has 0 unspecified atom stereocenters. The van der Waals surface area contributed by atoms with E-state index in [1.54, 1.807) is 0 Å². The van der Waals surface area contributed by atoms with E-state index in [0.29, 0.717) is 5.91 Å². The molecule has 4 nitrogen and oxygen atoms in total. The molecule has 0 atom stereocenters. The first-order chi connectivity index (χ1) is 10.8.